The number of halogens is 1. The van der Waals surface area contributed by atoms with E-state index in [1.165, 1.54) is 22.9 Å². The summed E-state index contributed by atoms with van der Waals surface area (Å²) in [5.74, 6) is 0.849. The summed E-state index contributed by atoms with van der Waals surface area (Å²) in [4.78, 5) is 39.2. The largest absolute Gasteiger partial charge is 0.497 e. The molecule has 0 saturated carbocycles. The number of imidazole rings is 1. The van der Waals surface area contributed by atoms with Crippen LogP contribution in [0.4, 0.5) is 9.18 Å². The fraction of sp³-hybridized carbons (Fsp3) is 0.280. The zero-order valence-corrected chi connectivity index (χ0v) is 19.5. The molecule has 1 saturated heterocycles. The van der Waals surface area contributed by atoms with Crippen LogP contribution >= 0.6 is 0 Å². The smallest absolute Gasteiger partial charge is 0.338 e. The third kappa shape index (κ3) is 4.40. The van der Waals surface area contributed by atoms with Gasteiger partial charge in [0, 0.05) is 45.3 Å². The second kappa shape index (κ2) is 9.30. The van der Waals surface area contributed by atoms with E-state index >= 15 is 0 Å². The monoisotopic (exact) mass is 476 g/mol. The van der Waals surface area contributed by atoms with Gasteiger partial charge in [-0.1, -0.05) is 24.3 Å². The maximum Gasteiger partial charge on any atom is 0.338 e. The van der Waals surface area contributed by atoms with E-state index < -0.39 is 5.69 Å². The van der Waals surface area contributed by atoms with Crippen molar-refractivity contribution in [1.29, 1.82) is 0 Å². The second-order valence-corrected chi connectivity index (χ2v) is 8.48. The van der Waals surface area contributed by atoms with Gasteiger partial charge in [0.25, 0.3) is 0 Å². The van der Waals surface area contributed by atoms with Crippen LogP contribution in [-0.2, 0) is 13.6 Å². The number of carbonyl (C=O) groups is 1. The van der Waals surface area contributed by atoms with Crippen LogP contribution in [-0.4, -0.2) is 68.2 Å². The zero-order valence-electron chi connectivity index (χ0n) is 19.5. The predicted octanol–water partition coefficient (Wildman–Crippen LogP) is 2.73. The number of aromatic nitrogens is 4. The molecule has 1 aliphatic rings. The van der Waals surface area contributed by atoms with E-state index in [0.717, 1.165) is 15.7 Å². The summed E-state index contributed by atoms with van der Waals surface area (Å²) in [7, 11) is 3.18. The molecule has 2 aromatic carbocycles. The molecule has 3 heterocycles. The van der Waals surface area contributed by atoms with Crippen LogP contribution < -0.4 is 10.4 Å². The summed E-state index contributed by atoms with van der Waals surface area (Å²) >= 11 is 0. The summed E-state index contributed by atoms with van der Waals surface area (Å²) in [6, 6.07) is 13.4. The quantitative estimate of drug-likeness (QED) is 0.450. The third-order valence-electron chi connectivity index (χ3n) is 6.27. The maximum absolute atomic E-state index is 13.3. The maximum atomic E-state index is 13.3. The molecule has 0 bridgehead atoms. The molecule has 0 aliphatic carbocycles. The predicted molar refractivity (Wildman–Crippen MR) is 129 cm³/mol. The number of rotatable bonds is 4. The van der Waals surface area contributed by atoms with Crippen molar-refractivity contribution < 1.29 is 13.9 Å². The number of methoxy groups -OCH3 is 1. The first-order valence-corrected chi connectivity index (χ1v) is 11.3. The van der Waals surface area contributed by atoms with E-state index in [4.69, 9.17) is 4.74 Å². The molecule has 0 spiro atoms. The highest BCUT2D eigenvalue weighted by molar-refractivity contribution is 5.88. The molecule has 1 fully saturated rings. The highest BCUT2D eigenvalue weighted by Gasteiger charge is 2.27. The average molecular weight is 477 g/mol. The molecule has 0 N–H and O–H groups in total. The molecule has 1 amide bonds. The van der Waals surface area contributed by atoms with Gasteiger partial charge in [-0.3, -0.25) is 9.47 Å². The van der Waals surface area contributed by atoms with Crippen LogP contribution in [0.25, 0.3) is 22.6 Å². The van der Waals surface area contributed by atoms with Gasteiger partial charge in [-0.25, -0.2) is 28.5 Å². The SMILES string of the molecule is COc1cccc(-c2ncc3c(n2)n(C)c(=O)n3C(=O)N2CCN(Cc3ccc(F)cc3)CC2)c1. The lowest BCUT2D eigenvalue weighted by atomic mass is 10.2. The van der Waals surface area contributed by atoms with Crippen molar-refractivity contribution in [3.63, 3.8) is 0 Å². The molecular weight excluding hydrogens is 451 g/mol. The molecule has 5 rings (SSSR count). The van der Waals surface area contributed by atoms with Gasteiger partial charge in [0.15, 0.2) is 11.5 Å². The van der Waals surface area contributed by atoms with E-state index in [2.05, 4.69) is 14.9 Å². The third-order valence-corrected chi connectivity index (χ3v) is 6.27. The molecular formula is C25H25FN6O3. The first-order chi connectivity index (χ1) is 16.9. The minimum Gasteiger partial charge on any atom is -0.497 e. The molecule has 0 atom stereocenters. The molecule has 35 heavy (non-hydrogen) atoms. The van der Waals surface area contributed by atoms with E-state index in [1.54, 1.807) is 31.2 Å². The minimum atomic E-state index is -0.462. The molecule has 4 aromatic rings. The highest BCUT2D eigenvalue weighted by Crippen LogP contribution is 2.22. The minimum absolute atomic E-state index is 0.260. The number of hydrogen-bond acceptors (Lipinski definition) is 6. The van der Waals surface area contributed by atoms with Crippen molar-refractivity contribution in [1.82, 2.24) is 28.9 Å². The molecule has 2 aromatic heterocycles. The Morgan fingerprint density at radius 1 is 1.09 bits per heavy atom. The Labute approximate surface area is 201 Å². The van der Waals surface area contributed by atoms with Crippen molar-refractivity contribution >= 4 is 17.2 Å². The van der Waals surface area contributed by atoms with Crippen molar-refractivity contribution in [3.05, 3.63) is 76.6 Å². The zero-order chi connectivity index (χ0) is 24.5. The van der Waals surface area contributed by atoms with Crippen LogP contribution in [0.2, 0.25) is 0 Å². The van der Waals surface area contributed by atoms with Crippen molar-refractivity contribution in [2.45, 2.75) is 6.54 Å². The van der Waals surface area contributed by atoms with Crippen LogP contribution in [0, 0.1) is 5.82 Å². The van der Waals surface area contributed by atoms with E-state index in [9.17, 15) is 14.0 Å². The lowest BCUT2D eigenvalue weighted by Gasteiger charge is -2.34. The van der Waals surface area contributed by atoms with Crippen LogP contribution in [0.15, 0.2) is 59.5 Å². The molecule has 180 valence electrons. The van der Waals surface area contributed by atoms with Crippen molar-refractivity contribution in [2.24, 2.45) is 7.05 Å². The molecule has 9 nitrogen and oxygen atoms in total. The van der Waals surface area contributed by atoms with Gasteiger partial charge >= 0.3 is 11.7 Å². The fourth-order valence-electron chi connectivity index (χ4n) is 4.29. The fourth-order valence-corrected chi connectivity index (χ4v) is 4.29. The first-order valence-electron chi connectivity index (χ1n) is 11.3. The van der Waals surface area contributed by atoms with Gasteiger partial charge in [-0.05, 0) is 29.8 Å². The van der Waals surface area contributed by atoms with E-state index in [1.807, 2.05) is 24.3 Å². The molecule has 10 heteroatoms. The van der Waals surface area contributed by atoms with Crippen LogP contribution in [0.3, 0.4) is 0 Å². The number of carbonyl (C=O) groups excluding carboxylic acids is 1. The topological polar surface area (TPSA) is 85.5 Å². The van der Waals surface area contributed by atoms with Gasteiger partial charge in [-0.15, -0.1) is 0 Å². The number of hydrogen-bond donors (Lipinski definition) is 0. The van der Waals surface area contributed by atoms with Crippen molar-refractivity contribution in [2.75, 3.05) is 33.3 Å². The van der Waals surface area contributed by atoms with Gasteiger partial charge in [0.1, 0.15) is 17.1 Å². The Morgan fingerprint density at radius 2 is 1.83 bits per heavy atom. The summed E-state index contributed by atoms with van der Waals surface area (Å²) < 4.78 is 20.9. The summed E-state index contributed by atoms with van der Waals surface area (Å²) in [5, 5.41) is 0. The summed E-state index contributed by atoms with van der Waals surface area (Å²) in [6.45, 7) is 2.94. The Hall–Kier alpha value is -4.05. The molecule has 1 aliphatic heterocycles. The van der Waals surface area contributed by atoms with Crippen LogP contribution in [0.5, 0.6) is 5.75 Å². The van der Waals surface area contributed by atoms with Gasteiger partial charge in [0.2, 0.25) is 0 Å². The number of piperazine rings is 1. The first kappa shape index (κ1) is 22.7. The number of fused-ring (bicyclic) bond motifs is 1. The lowest BCUT2D eigenvalue weighted by Crippen LogP contribution is -2.51. The Morgan fingerprint density at radius 3 is 2.54 bits per heavy atom. The number of benzene rings is 2. The Balaban J connectivity index is 1.36. The van der Waals surface area contributed by atoms with E-state index in [-0.39, 0.29) is 11.8 Å². The summed E-state index contributed by atoms with van der Waals surface area (Å²) in [6.07, 6.45) is 1.52. The molecule has 0 radical (unpaired) electrons. The van der Waals surface area contributed by atoms with Crippen LogP contribution in [0.1, 0.15) is 5.56 Å². The van der Waals surface area contributed by atoms with Gasteiger partial charge in [0.05, 0.1) is 13.3 Å². The standard InChI is InChI=1S/C25H25FN6O3/c1-29-23-21(15-27-22(28-23)18-4-3-5-20(14-18)35-2)32(24(29)33)25(34)31-12-10-30(11-13-31)16-17-6-8-19(26)9-7-17/h3-9,14-15H,10-13,16H2,1-2H3. The number of ether oxygens (including phenoxy) is 1. The normalized spacial score (nSPS) is 14.4. The van der Waals surface area contributed by atoms with Gasteiger partial charge in [-0.2, -0.15) is 0 Å². The number of amides is 1. The Bertz CT molecular complexity index is 1440. The summed E-state index contributed by atoms with van der Waals surface area (Å²) in [5.41, 5.74) is 2.04. The Kier molecular flexibility index (Phi) is 6.04. The number of nitrogens with zero attached hydrogens (tertiary/aromatic N) is 6. The van der Waals surface area contributed by atoms with Gasteiger partial charge < -0.3 is 9.64 Å². The van der Waals surface area contributed by atoms with E-state index in [0.29, 0.717) is 55.5 Å². The molecule has 0 unspecified atom stereocenters. The second-order valence-electron chi connectivity index (χ2n) is 8.48. The number of aryl methyl sites for hydroxylation is 1. The average Bonchev–Trinajstić information content (AvgIpc) is 3.14. The lowest BCUT2D eigenvalue weighted by molar-refractivity contribution is 0.136. The van der Waals surface area contributed by atoms with Crippen molar-refractivity contribution in [3.8, 4) is 17.1 Å². The highest BCUT2D eigenvalue weighted by atomic mass is 19.1.